The zero-order valence-corrected chi connectivity index (χ0v) is 5.02. The first kappa shape index (κ1) is 6.92. The van der Waals surface area contributed by atoms with Gasteiger partial charge in [0.15, 0.2) is 0 Å². The minimum absolute atomic E-state index is 0.250. The standard InChI is InChI=1S/C5H14N2/c1-4(6)3-5(2)7/h4-5H,3,6-7H2,1-2H3. The Hall–Kier alpha value is -0.0800. The second-order valence-electron chi connectivity index (χ2n) is 2.19. The van der Waals surface area contributed by atoms with Crippen molar-refractivity contribution in [2.45, 2.75) is 32.4 Å². The van der Waals surface area contributed by atoms with Crippen molar-refractivity contribution in [2.24, 2.45) is 11.5 Å². The summed E-state index contributed by atoms with van der Waals surface area (Å²) in [6.45, 7) is 3.92. The average molecular weight is 102 g/mol. The molecule has 0 saturated carbocycles. The van der Waals surface area contributed by atoms with Gasteiger partial charge in [-0.2, -0.15) is 0 Å². The molecule has 0 fully saturated rings. The summed E-state index contributed by atoms with van der Waals surface area (Å²) in [4.78, 5) is 0. The van der Waals surface area contributed by atoms with Crippen LogP contribution in [0.15, 0.2) is 0 Å². The molecule has 0 spiro atoms. The summed E-state index contributed by atoms with van der Waals surface area (Å²) in [5.74, 6) is 0. The summed E-state index contributed by atoms with van der Waals surface area (Å²) >= 11 is 0. The number of nitrogens with two attached hydrogens (primary N) is 2. The van der Waals surface area contributed by atoms with E-state index in [1.165, 1.54) is 0 Å². The Morgan fingerprint density at radius 3 is 1.43 bits per heavy atom. The quantitative estimate of drug-likeness (QED) is 0.518. The molecular weight excluding hydrogens is 88.1 g/mol. The third kappa shape index (κ3) is 5.92. The van der Waals surface area contributed by atoms with Crippen LogP contribution in [0.2, 0.25) is 0 Å². The zero-order chi connectivity index (χ0) is 5.86. The van der Waals surface area contributed by atoms with Crippen LogP contribution in [0, 0.1) is 0 Å². The lowest BCUT2D eigenvalue weighted by atomic mass is 10.1. The van der Waals surface area contributed by atoms with Gasteiger partial charge in [-0.05, 0) is 20.3 Å². The maximum atomic E-state index is 5.41. The Morgan fingerprint density at radius 2 is 1.43 bits per heavy atom. The van der Waals surface area contributed by atoms with E-state index in [1.54, 1.807) is 0 Å². The van der Waals surface area contributed by atoms with Crippen molar-refractivity contribution in [3.8, 4) is 0 Å². The van der Waals surface area contributed by atoms with E-state index in [-0.39, 0.29) is 12.1 Å². The highest BCUT2D eigenvalue weighted by atomic mass is 14.7. The van der Waals surface area contributed by atoms with Crippen LogP contribution in [0.4, 0.5) is 0 Å². The minimum Gasteiger partial charge on any atom is -0.328 e. The smallest absolute Gasteiger partial charge is 0.00251 e. The third-order valence-corrected chi connectivity index (χ3v) is 0.744. The lowest BCUT2D eigenvalue weighted by Crippen LogP contribution is -2.26. The second kappa shape index (κ2) is 2.99. The molecule has 0 aliphatic rings. The van der Waals surface area contributed by atoms with Crippen LogP contribution in [-0.4, -0.2) is 12.1 Å². The second-order valence-corrected chi connectivity index (χ2v) is 2.19. The van der Waals surface area contributed by atoms with Gasteiger partial charge in [0.05, 0.1) is 0 Å². The van der Waals surface area contributed by atoms with Gasteiger partial charge in [-0.3, -0.25) is 0 Å². The number of rotatable bonds is 2. The molecule has 0 aliphatic heterocycles. The van der Waals surface area contributed by atoms with Crippen molar-refractivity contribution in [2.75, 3.05) is 0 Å². The maximum absolute atomic E-state index is 5.41. The van der Waals surface area contributed by atoms with Crippen molar-refractivity contribution < 1.29 is 0 Å². The molecule has 2 nitrogen and oxygen atoms in total. The largest absolute Gasteiger partial charge is 0.328 e. The summed E-state index contributed by atoms with van der Waals surface area (Å²) in [7, 11) is 0. The lowest BCUT2D eigenvalue weighted by Gasteiger charge is -2.06. The monoisotopic (exact) mass is 102 g/mol. The molecule has 0 radical (unpaired) electrons. The molecule has 0 heterocycles. The van der Waals surface area contributed by atoms with E-state index in [1.807, 2.05) is 13.8 Å². The van der Waals surface area contributed by atoms with Crippen LogP contribution in [0.3, 0.4) is 0 Å². The number of hydrogen-bond acceptors (Lipinski definition) is 2. The molecule has 44 valence electrons. The normalized spacial score (nSPS) is 18.9. The molecule has 0 aromatic heterocycles. The summed E-state index contributed by atoms with van der Waals surface area (Å²) in [5, 5.41) is 0. The maximum Gasteiger partial charge on any atom is 0.00251 e. The van der Waals surface area contributed by atoms with E-state index >= 15 is 0 Å². The molecule has 2 heteroatoms. The van der Waals surface area contributed by atoms with Crippen molar-refractivity contribution in [1.29, 1.82) is 0 Å². The van der Waals surface area contributed by atoms with Crippen LogP contribution in [0.5, 0.6) is 0 Å². The van der Waals surface area contributed by atoms with E-state index in [0.29, 0.717) is 0 Å². The highest BCUT2D eigenvalue weighted by Crippen LogP contribution is 1.88. The molecule has 7 heavy (non-hydrogen) atoms. The molecule has 0 aliphatic carbocycles. The van der Waals surface area contributed by atoms with Crippen molar-refractivity contribution >= 4 is 0 Å². The highest BCUT2D eigenvalue weighted by Gasteiger charge is 1.96. The Labute approximate surface area is 44.9 Å². The molecule has 0 rings (SSSR count). The first-order valence-corrected chi connectivity index (χ1v) is 2.64. The molecule has 0 aromatic carbocycles. The summed E-state index contributed by atoms with van der Waals surface area (Å²) in [5.41, 5.74) is 10.8. The van der Waals surface area contributed by atoms with Gasteiger partial charge in [0.25, 0.3) is 0 Å². The van der Waals surface area contributed by atoms with Crippen molar-refractivity contribution in [1.82, 2.24) is 0 Å². The topological polar surface area (TPSA) is 52.0 Å². The van der Waals surface area contributed by atoms with Gasteiger partial charge in [-0.25, -0.2) is 0 Å². The van der Waals surface area contributed by atoms with Crippen molar-refractivity contribution in [3.05, 3.63) is 0 Å². The third-order valence-electron chi connectivity index (χ3n) is 0.744. The van der Waals surface area contributed by atoms with E-state index < -0.39 is 0 Å². The SMILES string of the molecule is CC(N)CC(C)N. The predicted octanol–water partition coefficient (Wildman–Crippen LogP) is 0.0709. The van der Waals surface area contributed by atoms with Gasteiger partial charge < -0.3 is 11.5 Å². The predicted molar refractivity (Wildman–Crippen MR) is 31.9 cm³/mol. The fraction of sp³-hybridized carbons (Fsp3) is 1.00. The fourth-order valence-electron chi connectivity index (χ4n) is 0.586. The summed E-state index contributed by atoms with van der Waals surface area (Å²) in [6.07, 6.45) is 0.917. The average Bonchev–Trinajstić information content (AvgIpc) is 1.27. The minimum atomic E-state index is 0.250. The molecule has 0 bridgehead atoms. The Balaban J connectivity index is 2.95. The molecule has 0 amide bonds. The van der Waals surface area contributed by atoms with Crippen LogP contribution in [-0.2, 0) is 0 Å². The van der Waals surface area contributed by atoms with Gasteiger partial charge in [-0.1, -0.05) is 0 Å². The highest BCUT2D eigenvalue weighted by molar-refractivity contribution is 4.60. The summed E-state index contributed by atoms with van der Waals surface area (Å²) in [6, 6.07) is 0.500. The molecule has 2 unspecified atom stereocenters. The van der Waals surface area contributed by atoms with Gasteiger partial charge >= 0.3 is 0 Å². The first-order chi connectivity index (χ1) is 3.13. The van der Waals surface area contributed by atoms with Gasteiger partial charge in [0.1, 0.15) is 0 Å². The Kier molecular flexibility index (Phi) is 2.96. The van der Waals surface area contributed by atoms with Gasteiger partial charge in [0.2, 0.25) is 0 Å². The Bertz CT molecular complexity index is 35.3. The molecule has 2 atom stereocenters. The van der Waals surface area contributed by atoms with E-state index in [9.17, 15) is 0 Å². The number of hydrogen-bond donors (Lipinski definition) is 2. The first-order valence-electron chi connectivity index (χ1n) is 2.64. The van der Waals surface area contributed by atoms with Crippen LogP contribution >= 0.6 is 0 Å². The van der Waals surface area contributed by atoms with E-state index in [0.717, 1.165) is 6.42 Å². The van der Waals surface area contributed by atoms with Crippen LogP contribution in [0.1, 0.15) is 20.3 Å². The zero-order valence-electron chi connectivity index (χ0n) is 5.02. The molecule has 0 saturated heterocycles. The van der Waals surface area contributed by atoms with Gasteiger partial charge in [-0.15, -0.1) is 0 Å². The van der Waals surface area contributed by atoms with Gasteiger partial charge in [0, 0.05) is 12.1 Å². The van der Waals surface area contributed by atoms with Crippen LogP contribution in [0.25, 0.3) is 0 Å². The fourth-order valence-corrected chi connectivity index (χ4v) is 0.586. The van der Waals surface area contributed by atoms with Crippen LogP contribution < -0.4 is 11.5 Å². The summed E-state index contributed by atoms with van der Waals surface area (Å²) < 4.78 is 0. The molecule has 0 aromatic rings. The molecular formula is C5H14N2. The Morgan fingerprint density at radius 1 is 1.14 bits per heavy atom. The lowest BCUT2D eigenvalue weighted by molar-refractivity contribution is 0.580. The van der Waals surface area contributed by atoms with E-state index in [2.05, 4.69) is 0 Å². The van der Waals surface area contributed by atoms with E-state index in [4.69, 9.17) is 11.5 Å². The molecule has 4 N–H and O–H groups in total. The van der Waals surface area contributed by atoms with Crippen molar-refractivity contribution in [3.63, 3.8) is 0 Å².